The minimum atomic E-state index is 0.102. The van der Waals surface area contributed by atoms with Crippen LogP contribution >= 0.6 is 0 Å². The van der Waals surface area contributed by atoms with E-state index in [1.807, 2.05) is 35.4 Å². The van der Waals surface area contributed by atoms with Gasteiger partial charge in [-0.1, -0.05) is 0 Å². The van der Waals surface area contributed by atoms with Crippen molar-refractivity contribution < 1.29 is 14.3 Å². The fourth-order valence-electron chi connectivity index (χ4n) is 3.78. The number of nitrogens with zero attached hydrogens (tertiary/aromatic N) is 4. The summed E-state index contributed by atoms with van der Waals surface area (Å²) in [6.45, 7) is 4.20. The standard InChI is InChI=1S/C23H26N4O3/c1-16-12-25-23(27(16)13-17-4-6-24-7-5-17)19-14-26(15-19)22(28)10-18-8-20(29-2)11-21(9-18)30-3/h4-9,11-12,19H,10,13-15H2,1-3H3. The summed E-state index contributed by atoms with van der Waals surface area (Å²) in [6, 6.07) is 9.59. The smallest absolute Gasteiger partial charge is 0.227 e. The summed E-state index contributed by atoms with van der Waals surface area (Å²) in [5.74, 6) is 2.77. The normalized spacial score (nSPS) is 13.8. The van der Waals surface area contributed by atoms with Gasteiger partial charge in [0.1, 0.15) is 17.3 Å². The maximum atomic E-state index is 12.8. The highest BCUT2D eigenvalue weighted by atomic mass is 16.5. The molecule has 0 aliphatic carbocycles. The third kappa shape index (κ3) is 4.15. The van der Waals surface area contributed by atoms with Crippen LogP contribution in [0.25, 0.3) is 0 Å². The average Bonchev–Trinajstić information content (AvgIpc) is 3.07. The Hall–Kier alpha value is -3.35. The minimum absolute atomic E-state index is 0.102. The first kappa shape index (κ1) is 19.9. The van der Waals surface area contributed by atoms with Crippen molar-refractivity contribution in [2.24, 2.45) is 0 Å². The monoisotopic (exact) mass is 406 g/mol. The van der Waals surface area contributed by atoms with Crippen molar-refractivity contribution in [2.45, 2.75) is 25.8 Å². The van der Waals surface area contributed by atoms with Gasteiger partial charge in [-0.15, -0.1) is 0 Å². The number of amides is 1. The van der Waals surface area contributed by atoms with E-state index < -0.39 is 0 Å². The summed E-state index contributed by atoms with van der Waals surface area (Å²) < 4.78 is 12.8. The van der Waals surface area contributed by atoms with E-state index in [0.29, 0.717) is 31.0 Å². The lowest BCUT2D eigenvalue weighted by molar-refractivity contribution is -0.135. The molecule has 7 heteroatoms. The summed E-state index contributed by atoms with van der Waals surface area (Å²) in [5, 5.41) is 0. The number of benzene rings is 1. The van der Waals surface area contributed by atoms with Crippen LogP contribution in [0.3, 0.4) is 0 Å². The summed E-state index contributed by atoms with van der Waals surface area (Å²) in [6.07, 6.45) is 5.84. The maximum absolute atomic E-state index is 12.8. The molecule has 0 radical (unpaired) electrons. The minimum Gasteiger partial charge on any atom is -0.497 e. The van der Waals surface area contributed by atoms with Gasteiger partial charge in [0.25, 0.3) is 0 Å². The van der Waals surface area contributed by atoms with E-state index in [0.717, 1.165) is 23.6 Å². The van der Waals surface area contributed by atoms with Crippen LogP contribution in [-0.4, -0.2) is 52.7 Å². The van der Waals surface area contributed by atoms with Crippen molar-refractivity contribution in [1.82, 2.24) is 19.4 Å². The Balaban J connectivity index is 1.40. The third-order valence-electron chi connectivity index (χ3n) is 5.54. The lowest BCUT2D eigenvalue weighted by atomic mass is 9.97. The lowest BCUT2D eigenvalue weighted by Crippen LogP contribution is -2.49. The number of aryl methyl sites for hydroxylation is 1. The molecule has 2 aromatic heterocycles. The van der Waals surface area contributed by atoms with Crippen molar-refractivity contribution in [3.05, 3.63) is 71.6 Å². The van der Waals surface area contributed by atoms with Gasteiger partial charge in [0, 0.05) is 50.0 Å². The van der Waals surface area contributed by atoms with Crippen molar-refractivity contribution in [1.29, 1.82) is 0 Å². The van der Waals surface area contributed by atoms with E-state index in [4.69, 9.17) is 9.47 Å². The van der Waals surface area contributed by atoms with Gasteiger partial charge >= 0.3 is 0 Å². The molecule has 1 fully saturated rings. The fourth-order valence-corrected chi connectivity index (χ4v) is 3.78. The number of methoxy groups -OCH3 is 2. The van der Waals surface area contributed by atoms with Gasteiger partial charge in [0.15, 0.2) is 0 Å². The topological polar surface area (TPSA) is 69.5 Å². The maximum Gasteiger partial charge on any atom is 0.227 e. The van der Waals surface area contributed by atoms with Gasteiger partial charge in [0.2, 0.25) is 5.91 Å². The van der Waals surface area contributed by atoms with E-state index in [2.05, 4.69) is 21.5 Å². The predicted octanol–water partition coefficient (Wildman–Crippen LogP) is 2.82. The van der Waals surface area contributed by atoms with Gasteiger partial charge in [-0.25, -0.2) is 4.98 Å². The number of aromatic nitrogens is 3. The van der Waals surface area contributed by atoms with Crippen LogP contribution in [0.2, 0.25) is 0 Å². The Morgan fingerprint density at radius 1 is 1.07 bits per heavy atom. The van der Waals surface area contributed by atoms with Gasteiger partial charge in [-0.2, -0.15) is 0 Å². The van der Waals surface area contributed by atoms with Crippen LogP contribution in [0.1, 0.15) is 28.6 Å². The number of carbonyl (C=O) groups excluding carboxylic acids is 1. The molecule has 1 aliphatic heterocycles. The molecule has 1 saturated heterocycles. The largest absolute Gasteiger partial charge is 0.497 e. The Morgan fingerprint density at radius 3 is 2.37 bits per heavy atom. The molecule has 7 nitrogen and oxygen atoms in total. The predicted molar refractivity (Wildman–Crippen MR) is 113 cm³/mol. The van der Waals surface area contributed by atoms with Crippen LogP contribution in [0, 0.1) is 6.92 Å². The molecule has 1 aromatic carbocycles. The lowest BCUT2D eigenvalue weighted by Gasteiger charge is -2.39. The molecular weight excluding hydrogens is 380 g/mol. The molecular formula is C23H26N4O3. The second kappa shape index (κ2) is 8.57. The first-order valence-corrected chi connectivity index (χ1v) is 9.98. The Bertz CT molecular complexity index is 1000. The van der Waals surface area contributed by atoms with Gasteiger partial charge in [0.05, 0.1) is 26.6 Å². The van der Waals surface area contributed by atoms with E-state index in [1.165, 1.54) is 5.56 Å². The highest BCUT2D eigenvalue weighted by Crippen LogP contribution is 2.29. The second-order valence-electron chi connectivity index (χ2n) is 7.59. The Morgan fingerprint density at radius 2 is 1.73 bits per heavy atom. The molecule has 3 aromatic rings. The average molecular weight is 406 g/mol. The molecule has 3 heterocycles. The second-order valence-corrected chi connectivity index (χ2v) is 7.59. The Kier molecular flexibility index (Phi) is 5.70. The fraction of sp³-hybridized carbons (Fsp3) is 0.348. The first-order chi connectivity index (χ1) is 14.6. The Labute approximate surface area is 176 Å². The summed E-state index contributed by atoms with van der Waals surface area (Å²) in [5.41, 5.74) is 3.19. The van der Waals surface area contributed by atoms with Crippen molar-refractivity contribution >= 4 is 5.91 Å². The van der Waals surface area contributed by atoms with Gasteiger partial charge in [-0.05, 0) is 42.3 Å². The van der Waals surface area contributed by atoms with Crippen LogP contribution in [0.15, 0.2) is 48.9 Å². The molecule has 0 N–H and O–H groups in total. The van der Waals surface area contributed by atoms with Crippen LogP contribution in [0.4, 0.5) is 0 Å². The van der Waals surface area contributed by atoms with Gasteiger partial charge in [-0.3, -0.25) is 9.78 Å². The summed E-state index contributed by atoms with van der Waals surface area (Å²) >= 11 is 0. The van der Waals surface area contributed by atoms with E-state index >= 15 is 0 Å². The zero-order valence-electron chi connectivity index (χ0n) is 17.5. The summed E-state index contributed by atoms with van der Waals surface area (Å²) in [4.78, 5) is 23.4. The SMILES string of the molecule is COc1cc(CC(=O)N2CC(c3ncc(C)n3Cc3ccncc3)C2)cc(OC)c1. The van der Waals surface area contributed by atoms with E-state index in [-0.39, 0.29) is 11.8 Å². The molecule has 0 spiro atoms. The molecule has 1 amide bonds. The number of carbonyl (C=O) groups is 1. The third-order valence-corrected chi connectivity index (χ3v) is 5.54. The molecule has 30 heavy (non-hydrogen) atoms. The zero-order chi connectivity index (χ0) is 21.1. The number of ether oxygens (including phenoxy) is 2. The highest BCUT2D eigenvalue weighted by Gasteiger charge is 2.34. The first-order valence-electron chi connectivity index (χ1n) is 9.98. The zero-order valence-corrected chi connectivity index (χ0v) is 17.5. The number of rotatable bonds is 7. The molecule has 0 unspecified atom stereocenters. The van der Waals surface area contributed by atoms with Crippen molar-refractivity contribution in [3.8, 4) is 11.5 Å². The molecule has 0 saturated carbocycles. The van der Waals surface area contributed by atoms with Crippen molar-refractivity contribution in [2.75, 3.05) is 27.3 Å². The van der Waals surface area contributed by atoms with E-state index in [9.17, 15) is 4.79 Å². The molecule has 4 rings (SSSR count). The molecule has 156 valence electrons. The molecule has 0 bridgehead atoms. The summed E-state index contributed by atoms with van der Waals surface area (Å²) in [7, 11) is 3.22. The van der Waals surface area contributed by atoms with Crippen LogP contribution < -0.4 is 9.47 Å². The van der Waals surface area contributed by atoms with Crippen LogP contribution in [0.5, 0.6) is 11.5 Å². The number of imidazole rings is 1. The van der Waals surface area contributed by atoms with Crippen molar-refractivity contribution in [3.63, 3.8) is 0 Å². The molecule has 0 atom stereocenters. The van der Waals surface area contributed by atoms with Crippen LogP contribution in [-0.2, 0) is 17.8 Å². The number of likely N-dealkylation sites (tertiary alicyclic amines) is 1. The van der Waals surface area contributed by atoms with E-state index in [1.54, 1.807) is 32.7 Å². The van der Waals surface area contributed by atoms with Gasteiger partial charge < -0.3 is 18.9 Å². The number of hydrogen-bond donors (Lipinski definition) is 0. The molecule has 1 aliphatic rings. The quantitative estimate of drug-likeness (QED) is 0.604. The highest BCUT2D eigenvalue weighted by molar-refractivity contribution is 5.80. The number of pyridine rings is 1. The number of hydrogen-bond acceptors (Lipinski definition) is 5.